The zero-order valence-corrected chi connectivity index (χ0v) is 10.4. The Balaban J connectivity index is 1.77. The number of anilines is 1. The van der Waals surface area contributed by atoms with Crippen LogP contribution in [0.4, 0.5) is 5.69 Å². The third kappa shape index (κ3) is 3.09. The van der Waals surface area contributed by atoms with Gasteiger partial charge < -0.3 is 5.32 Å². The van der Waals surface area contributed by atoms with E-state index in [1.807, 2.05) is 6.07 Å². The SMILES string of the molecule is CCN(CCNc1ccncc1Cl)C1CC1. The van der Waals surface area contributed by atoms with Gasteiger partial charge in [-0.25, -0.2) is 0 Å². The lowest BCUT2D eigenvalue weighted by atomic mass is 10.4. The molecule has 0 saturated heterocycles. The van der Waals surface area contributed by atoms with Gasteiger partial charge in [0.25, 0.3) is 0 Å². The Hall–Kier alpha value is -0.800. The van der Waals surface area contributed by atoms with Crippen molar-refractivity contribution in [3.63, 3.8) is 0 Å². The van der Waals surface area contributed by atoms with Crippen LogP contribution in [0.15, 0.2) is 18.5 Å². The molecule has 1 aromatic rings. The first-order valence-electron chi connectivity index (χ1n) is 5.88. The van der Waals surface area contributed by atoms with Crippen molar-refractivity contribution in [1.29, 1.82) is 0 Å². The fourth-order valence-corrected chi connectivity index (χ4v) is 2.08. The molecule has 3 nitrogen and oxygen atoms in total. The summed E-state index contributed by atoms with van der Waals surface area (Å²) in [5.74, 6) is 0. The van der Waals surface area contributed by atoms with Gasteiger partial charge in [-0.05, 0) is 25.5 Å². The van der Waals surface area contributed by atoms with Crippen LogP contribution in [0.3, 0.4) is 0 Å². The van der Waals surface area contributed by atoms with Crippen LogP contribution < -0.4 is 5.32 Å². The fourth-order valence-electron chi connectivity index (χ4n) is 1.89. The van der Waals surface area contributed by atoms with Crippen molar-refractivity contribution in [3.05, 3.63) is 23.5 Å². The summed E-state index contributed by atoms with van der Waals surface area (Å²) in [6, 6.07) is 2.75. The molecule has 88 valence electrons. The first-order valence-corrected chi connectivity index (χ1v) is 6.26. The maximum absolute atomic E-state index is 6.01. The molecule has 1 aliphatic rings. The molecule has 0 spiro atoms. The van der Waals surface area contributed by atoms with Gasteiger partial charge in [-0.1, -0.05) is 18.5 Å². The quantitative estimate of drug-likeness (QED) is 0.827. The molecule has 2 rings (SSSR count). The van der Waals surface area contributed by atoms with Crippen LogP contribution in [0.1, 0.15) is 19.8 Å². The molecule has 0 amide bonds. The Morgan fingerprint density at radius 1 is 1.56 bits per heavy atom. The molecular weight excluding hydrogens is 222 g/mol. The highest BCUT2D eigenvalue weighted by atomic mass is 35.5. The molecule has 1 saturated carbocycles. The van der Waals surface area contributed by atoms with E-state index in [0.29, 0.717) is 5.02 Å². The first kappa shape index (κ1) is 11.7. The van der Waals surface area contributed by atoms with Gasteiger partial charge in [0.05, 0.1) is 10.7 Å². The van der Waals surface area contributed by atoms with Crippen LogP contribution >= 0.6 is 11.6 Å². The van der Waals surface area contributed by atoms with Crippen molar-refractivity contribution in [2.24, 2.45) is 0 Å². The first-order chi connectivity index (χ1) is 7.81. The number of nitrogens with zero attached hydrogens (tertiary/aromatic N) is 2. The predicted molar refractivity (Wildman–Crippen MR) is 68.0 cm³/mol. The summed E-state index contributed by atoms with van der Waals surface area (Å²) in [6.45, 7) is 5.38. The second kappa shape index (κ2) is 5.51. The van der Waals surface area contributed by atoms with Crippen molar-refractivity contribution < 1.29 is 0 Å². The largest absolute Gasteiger partial charge is 0.382 e. The number of hydrogen-bond acceptors (Lipinski definition) is 3. The zero-order chi connectivity index (χ0) is 11.4. The molecule has 0 bridgehead atoms. The molecule has 1 heterocycles. The highest BCUT2D eigenvalue weighted by Gasteiger charge is 2.27. The highest BCUT2D eigenvalue weighted by molar-refractivity contribution is 6.33. The third-order valence-corrected chi connectivity index (χ3v) is 3.26. The van der Waals surface area contributed by atoms with E-state index in [1.165, 1.54) is 12.8 Å². The van der Waals surface area contributed by atoms with Crippen molar-refractivity contribution in [1.82, 2.24) is 9.88 Å². The summed E-state index contributed by atoms with van der Waals surface area (Å²) in [7, 11) is 0. The minimum absolute atomic E-state index is 0.692. The van der Waals surface area contributed by atoms with E-state index in [0.717, 1.165) is 31.4 Å². The normalized spacial score (nSPS) is 15.4. The van der Waals surface area contributed by atoms with E-state index in [1.54, 1.807) is 12.4 Å². The van der Waals surface area contributed by atoms with E-state index in [-0.39, 0.29) is 0 Å². The minimum atomic E-state index is 0.692. The molecule has 1 fully saturated rings. The zero-order valence-electron chi connectivity index (χ0n) is 9.62. The lowest BCUT2D eigenvalue weighted by Gasteiger charge is -2.20. The average molecular weight is 240 g/mol. The molecule has 0 atom stereocenters. The number of likely N-dealkylation sites (N-methyl/N-ethyl adjacent to an activating group) is 1. The fraction of sp³-hybridized carbons (Fsp3) is 0.583. The van der Waals surface area contributed by atoms with Crippen LogP contribution in [0, 0.1) is 0 Å². The van der Waals surface area contributed by atoms with Crippen molar-refractivity contribution in [3.8, 4) is 0 Å². The third-order valence-electron chi connectivity index (χ3n) is 2.96. The summed E-state index contributed by atoms with van der Waals surface area (Å²) in [6.07, 6.45) is 6.16. The van der Waals surface area contributed by atoms with Gasteiger partial charge in [-0.3, -0.25) is 9.88 Å². The second-order valence-corrected chi connectivity index (χ2v) is 4.55. The summed E-state index contributed by atoms with van der Waals surface area (Å²) < 4.78 is 0. The Kier molecular flexibility index (Phi) is 4.02. The van der Waals surface area contributed by atoms with Gasteiger partial charge in [-0.2, -0.15) is 0 Å². The van der Waals surface area contributed by atoms with E-state index < -0.39 is 0 Å². The van der Waals surface area contributed by atoms with E-state index in [2.05, 4.69) is 22.1 Å². The summed E-state index contributed by atoms with van der Waals surface area (Å²) in [4.78, 5) is 6.48. The number of rotatable bonds is 6. The maximum Gasteiger partial charge on any atom is 0.0820 e. The minimum Gasteiger partial charge on any atom is -0.382 e. The van der Waals surface area contributed by atoms with E-state index in [9.17, 15) is 0 Å². The lowest BCUT2D eigenvalue weighted by Crippen LogP contribution is -2.30. The Labute approximate surface area is 102 Å². The van der Waals surface area contributed by atoms with E-state index in [4.69, 9.17) is 11.6 Å². The Morgan fingerprint density at radius 3 is 3.00 bits per heavy atom. The van der Waals surface area contributed by atoms with Gasteiger partial charge in [0.2, 0.25) is 0 Å². The molecule has 0 radical (unpaired) electrons. The maximum atomic E-state index is 6.01. The monoisotopic (exact) mass is 239 g/mol. The number of hydrogen-bond donors (Lipinski definition) is 1. The molecule has 16 heavy (non-hydrogen) atoms. The van der Waals surface area contributed by atoms with Crippen LogP contribution in [-0.4, -0.2) is 35.6 Å². The van der Waals surface area contributed by atoms with Gasteiger partial charge in [-0.15, -0.1) is 0 Å². The van der Waals surface area contributed by atoms with Gasteiger partial charge >= 0.3 is 0 Å². The van der Waals surface area contributed by atoms with Gasteiger partial charge in [0.15, 0.2) is 0 Å². The standard InChI is InChI=1S/C12H18ClN3/c1-2-16(10-3-4-10)8-7-15-12-5-6-14-9-11(12)13/h5-6,9-10H,2-4,7-8H2,1H3,(H,14,15). The summed E-state index contributed by atoms with van der Waals surface area (Å²) in [5, 5.41) is 4.04. The van der Waals surface area contributed by atoms with Crippen molar-refractivity contribution in [2.45, 2.75) is 25.8 Å². The van der Waals surface area contributed by atoms with Crippen LogP contribution in [0.2, 0.25) is 5.02 Å². The smallest absolute Gasteiger partial charge is 0.0820 e. The van der Waals surface area contributed by atoms with Crippen LogP contribution in [-0.2, 0) is 0 Å². The number of halogens is 1. The molecule has 0 unspecified atom stereocenters. The molecule has 0 aliphatic heterocycles. The molecule has 1 aliphatic carbocycles. The number of pyridine rings is 1. The Morgan fingerprint density at radius 2 is 2.38 bits per heavy atom. The van der Waals surface area contributed by atoms with Crippen molar-refractivity contribution in [2.75, 3.05) is 25.0 Å². The van der Waals surface area contributed by atoms with Gasteiger partial charge in [0, 0.05) is 31.5 Å². The topological polar surface area (TPSA) is 28.2 Å². The predicted octanol–water partition coefficient (Wildman–Crippen LogP) is 2.63. The average Bonchev–Trinajstić information content (AvgIpc) is 3.11. The highest BCUT2D eigenvalue weighted by Crippen LogP contribution is 2.26. The Bertz CT molecular complexity index is 339. The van der Waals surface area contributed by atoms with Crippen LogP contribution in [0.25, 0.3) is 0 Å². The van der Waals surface area contributed by atoms with Gasteiger partial charge in [0.1, 0.15) is 0 Å². The second-order valence-electron chi connectivity index (χ2n) is 4.14. The number of nitrogens with one attached hydrogen (secondary N) is 1. The molecule has 0 aromatic carbocycles. The molecule has 1 N–H and O–H groups in total. The molecule has 4 heteroatoms. The molecular formula is C12H18ClN3. The van der Waals surface area contributed by atoms with E-state index >= 15 is 0 Å². The number of aromatic nitrogens is 1. The molecule has 1 aromatic heterocycles. The van der Waals surface area contributed by atoms with Crippen LogP contribution in [0.5, 0.6) is 0 Å². The lowest BCUT2D eigenvalue weighted by molar-refractivity contribution is 0.289. The summed E-state index contributed by atoms with van der Waals surface area (Å²) in [5.41, 5.74) is 0.975. The summed E-state index contributed by atoms with van der Waals surface area (Å²) >= 11 is 6.01. The van der Waals surface area contributed by atoms with Crippen molar-refractivity contribution >= 4 is 17.3 Å².